The van der Waals surface area contributed by atoms with E-state index in [2.05, 4.69) is 24.3 Å². The molecule has 1 aromatic heterocycles. The Hall–Kier alpha value is -3.39. The number of rotatable bonds is 6. The molecule has 28 heavy (non-hydrogen) atoms. The Morgan fingerprint density at radius 3 is 1.86 bits per heavy atom. The van der Waals surface area contributed by atoms with Crippen LogP contribution in [-0.2, 0) is 12.8 Å². The maximum atomic E-state index is 12.7. The third kappa shape index (κ3) is 4.12. The van der Waals surface area contributed by atoms with E-state index in [9.17, 15) is 4.79 Å². The van der Waals surface area contributed by atoms with Crippen LogP contribution < -0.4 is 5.63 Å². The molecule has 0 amide bonds. The van der Waals surface area contributed by atoms with Crippen molar-refractivity contribution >= 4 is 0 Å². The summed E-state index contributed by atoms with van der Waals surface area (Å²) in [6.45, 7) is 0. The van der Waals surface area contributed by atoms with Crippen molar-refractivity contribution in [2.24, 2.45) is 0 Å². The molecule has 0 atom stereocenters. The van der Waals surface area contributed by atoms with Gasteiger partial charge < -0.3 is 4.42 Å². The lowest BCUT2D eigenvalue weighted by Crippen LogP contribution is -2.07. The molecule has 0 radical (unpaired) electrons. The van der Waals surface area contributed by atoms with Crippen LogP contribution in [0.4, 0.5) is 0 Å². The fourth-order valence-electron chi connectivity index (χ4n) is 3.48. The minimum Gasteiger partial charge on any atom is -0.422 e. The molecule has 0 bridgehead atoms. The van der Waals surface area contributed by atoms with Crippen molar-refractivity contribution in [1.82, 2.24) is 0 Å². The van der Waals surface area contributed by atoms with Crippen molar-refractivity contribution in [2.75, 3.05) is 0 Å². The summed E-state index contributed by atoms with van der Waals surface area (Å²) in [7, 11) is 0. The van der Waals surface area contributed by atoms with Gasteiger partial charge in [-0.1, -0.05) is 91.0 Å². The second-order valence-electron chi connectivity index (χ2n) is 6.87. The van der Waals surface area contributed by atoms with Gasteiger partial charge in [-0.2, -0.15) is 0 Å². The van der Waals surface area contributed by atoms with Crippen LogP contribution in [-0.4, -0.2) is 0 Å². The largest absolute Gasteiger partial charge is 0.422 e. The first kappa shape index (κ1) is 18.0. The Balaban J connectivity index is 1.69. The molecular formula is C26H22O2. The van der Waals surface area contributed by atoms with Crippen molar-refractivity contribution in [2.45, 2.75) is 19.3 Å². The molecule has 2 nitrogen and oxygen atoms in total. The first-order chi connectivity index (χ1) is 13.8. The number of benzene rings is 3. The van der Waals surface area contributed by atoms with Gasteiger partial charge in [-0.3, -0.25) is 0 Å². The minimum absolute atomic E-state index is 0.295. The van der Waals surface area contributed by atoms with Crippen molar-refractivity contribution in [3.05, 3.63) is 119 Å². The molecule has 2 heteroatoms. The van der Waals surface area contributed by atoms with Crippen LogP contribution in [0.15, 0.2) is 106 Å². The summed E-state index contributed by atoms with van der Waals surface area (Å²) in [5.74, 6) is 0.679. The highest BCUT2D eigenvalue weighted by atomic mass is 16.4. The molecule has 0 aliphatic carbocycles. The molecule has 0 fully saturated rings. The molecule has 138 valence electrons. The zero-order chi connectivity index (χ0) is 19.2. The van der Waals surface area contributed by atoms with E-state index in [1.807, 2.05) is 72.8 Å². The molecule has 0 saturated carbocycles. The Morgan fingerprint density at radius 2 is 1.21 bits per heavy atom. The van der Waals surface area contributed by atoms with Crippen LogP contribution in [0.3, 0.4) is 0 Å². The first-order valence-corrected chi connectivity index (χ1v) is 9.63. The fourth-order valence-corrected chi connectivity index (χ4v) is 3.48. The zero-order valence-corrected chi connectivity index (χ0v) is 15.7. The summed E-state index contributed by atoms with van der Waals surface area (Å²) in [5, 5.41) is 0. The Morgan fingerprint density at radius 1 is 0.643 bits per heavy atom. The predicted octanol–water partition coefficient (Wildman–Crippen LogP) is 6.15. The molecule has 0 aliphatic heterocycles. The average molecular weight is 366 g/mol. The van der Waals surface area contributed by atoms with Crippen LogP contribution in [0.25, 0.3) is 22.5 Å². The topological polar surface area (TPSA) is 30.2 Å². The third-order valence-corrected chi connectivity index (χ3v) is 4.90. The van der Waals surface area contributed by atoms with Crippen LogP contribution in [0.2, 0.25) is 0 Å². The van der Waals surface area contributed by atoms with Gasteiger partial charge in [-0.25, -0.2) is 4.79 Å². The van der Waals surface area contributed by atoms with E-state index in [4.69, 9.17) is 4.42 Å². The third-order valence-electron chi connectivity index (χ3n) is 4.90. The quantitative estimate of drug-likeness (QED) is 0.410. The highest BCUT2D eigenvalue weighted by Crippen LogP contribution is 2.27. The molecule has 1 heterocycles. The average Bonchev–Trinajstić information content (AvgIpc) is 2.76. The fraction of sp³-hybridized carbons (Fsp3) is 0.115. The standard InChI is InChI=1S/C26H22O2/c27-26-24(21-14-6-2-7-15-21)19-23(18-10-13-20-11-4-1-5-12-20)25(28-26)22-16-8-3-9-17-22/h1-9,11-12,14-17,19H,10,13,18H2. The molecular weight excluding hydrogens is 344 g/mol. The number of aryl methyl sites for hydroxylation is 2. The first-order valence-electron chi connectivity index (χ1n) is 9.63. The van der Waals surface area contributed by atoms with Crippen LogP contribution in [0.1, 0.15) is 17.5 Å². The van der Waals surface area contributed by atoms with Gasteiger partial charge in [0, 0.05) is 5.56 Å². The van der Waals surface area contributed by atoms with Crippen LogP contribution in [0.5, 0.6) is 0 Å². The van der Waals surface area contributed by atoms with E-state index < -0.39 is 0 Å². The van der Waals surface area contributed by atoms with E-state index in [1.54, 1.807) is 0 Å². The summed E-state index contributed by atoms with van der Waals surface area (Å²) >= 11 is 0. The van der Waals surface area contributed by atoms with E-state index >= 15 is 0 Å². The lowest BCUT2D eigenvalue weighted by molar-refractivity contribution is 0.520. The minimum atomic E-state index is -0.295. The summed E-state index contributed by atoms with van der Waals surface area (Å²) in [4.78, 5) is 12.7. The second-order valence-corrected chi connectivity index (χ2v) is 6.87. The van der Waals surface area contributed by atoms with Gasteiger partial charge in [0.05, 0.1) is 5.56 Å². The van der Waals surface area contributed by atoms with E-state index in [0.717, 1.165) is 36.0 Å². The summed E-state index contributed by atoms with van der Waals surface area (Å²) in [5.41, 5.74) is 4.55. The molecule has 4 rings (SSSR count). The molecule has 0 spiro atoms. The number of hydrogen-bond donors (Lipinski definition) is 0. The normalized spacial score (nSPS) is 10.7. The predicted molar refractivity (Wildman–Crippen MR) is 114 cm³/mol. The Labute approximate surface area is 165 Å². The van der Waals surface area contributed by atoms with Crippen LogP contribution in [0, 0.1) is 0 Å². The molecule has 3 aromatic carbocycles. The molecule has 0 saturated heterocycles. The van der Waals surface area contributed by atoms with Crippen molar-refractivity contribution in [1.29, 1.82) is 0 Å². The van der Waals surface area contributed by atoms with Gasteiger partial charge in [-0.05, 0) is 42.0 Å². The maximum absolute atomic E-state index is 12.7. The molecule has 0 unspecified atom stereocenters. The lowest BCUT2D eigenvalue weighted by atomic mass is 9.97. The summed E-state index contributed by atoms with van der Waals surface area (Å²) in [6, 6.07) is 32.1. The smallest absolute Gasteiger partial charge is 0.344 e. The van der Waals surface area contributed by atoms with E-state index in [-0.39, 0.29) is 5.63 Å². The summed E-state index contributed by atoms with van der Waals surface area (Å²) < 4.78 is 5.83. The number of hydrogen-bond acceptors (Lipinski definition) is 2. The van der Waals surface area contributed by atoms with Gasteiger partial charge in [0.1, 0.15) is 5.76 Å². The van der Waals surface area contributed by atoms with Gasteiger partial charge in [0.25, 0.3) is 0 Å². The van der Waals surface area contributed by atoms with E-state index in [1.165, 1.54) is 5.56 Å². The molecule has 0 aliphatic rings. The van der Waals surface area contributed by atoms with Gasteiger partial charge in [0.15, 0.2) is 0 Å². The highest BCUT2D eigenvalue weighted by molar-refractivity contribution is 5.68. The summed E-state index contributed by atoms with van der Waals surface area (Å²) in [6.07, 6.45) is 2.84. The Kier molecular flexibility index (Phi) is 5.48. The molecule has 4 aromatic rings. The van der Waals surface area contributed by atoms with Crippen molar-refractivity contribution in [3.63, 3.8) is 0 Å². The van der Waals surface area contributed by atoms with Crippen LogP contribution >= 0.6 is 0 Å². The lowest BCUT2D eigenvalue weighted by Gasteiger charge is -2.11. The van der Waals surface area contributed by atoms with Gasteiger partial charge in [0.2, 0.25) is 0 Å². The van der Waals surface area contributed by atoms with Gasteiger partial charge in [-0.15, -0.1) is 0 Å². The van der Waals surface area contributed by atoms with Gasteiger partial charge >= 0.3 is 5.63 Å². The Bertz CT molecular complexity index is 1080. The van der Waals surface area contributed by atoms with E-state index in [0.29, 0.717) is 11.3 Å². The van der Waals surface area contributed by atoms with Crippen molar-refractivity contribution in [3.8, 4) is 22.5 Å². The maximum Gasteiger partial charge on any atom is 0.344 e. The second kappa shape index (κ2) is 8.53. The van der Waals surface area contributed by atoms with Crippen molar-refractivity contribution < 1.29 is 4.42 Å². The zero-order valence-electron chi connectivity index (χ0n) is 15.7. The molecule has 0 N–H and O–H groups in total. The SMILES string of the molecule is O=c1oc(-c2ccccc2)c(CCCc2ccccc2)cc1-c1ccccc1. The highest BCUT2D eigenvalue weighted by Gasteiger charge is 2.14. The monoisotopic (exact) mass is 366 g/mol.